The molecule has 1 saturated carbocycles. The molecular formula is C23H31N3O2S. The van der Waals surface area contributed by atoms with Gasteiger partial charge in [0.1, 0.15) is 0 Å². The van der Waals surface area contributed by atoms with Gasteiger partial charge in [0.15, 0.2) is 5.11 Å². The smallest absolute Gasteiger partial charge is 0.253 e. The van der Waals surface area contributed by atoms with E-state index in [-0.39, 0.29) is 11.7 Å². The summed E-state index contributed by atoms with van der Waals surface area (Å²) >= 11 is 5.77. The van der Waals surface area contributed by atoms with Crippen LogP contribution >= 0.6 is 12.2 Å². The molecule has 2 N–H and O–H groups in total. The number of aromatic nitrogens is 1. The summed E-state index contributed by atoms with van der Waals surface area (Å²) in [6, 6.07) is 6.63. The van der Waals surface area contributed by atoms with Crippen LogP contribution in [0.3, 0.4) is 0 Å². The van der Waals surface area contributed by atoms with Gasteiger partial charge in [-0.2, -0.15) is 0 Å². The number of hydrogen-bond acceptors (Lipinski definition) is 3. The van der Waals surface area contributed by atoms with Crippen LogP contribution in [0.2, 0.25) is 0 Å². The molecule has 1 atom stereocenters. The van der Waals surface area contributed by atoms with Crippen molar-refractivity contribution in [1.29, 1.82) is 0 Å². The van der Waals surface area contributed by atoms with E-state index in [0.717, 1.165) is 66.0 Å². The third-order valence-electron chi connectivity index (χ3n) is 6.50. The van der Waals surface area contributed by atoms with Gasteiger partial charge in [-0.1, -0.05) is 25.0 Å². The van der Waals surface area contributed by atoms with E-state index < -0.39 is 0 Å². The second kappa shape index (κ2) is 8.84. The van der Waals surface area contributed by atoms with Crippen LogP contribution in [0.25, 0.3) is 10.9 Å². The number of aryl methyl sites for hydroxylation is 2. The molecule has 0 spiro atoms. The molecule has 2 heterocycles. The average Bonchev–Trinajstić information content (AvgIpc) is 3.42. The van der Waals surface area contributed by atoms with Gasteiger partial charge >= 0.3 is 0 Å². The van der Waals surface area contributed by atoms with E-state index in [4.69, 9.17) is 17.0 Å². The zero-order chi connectivity index (χ0) is 20.4. The third kappa shape index (κ3) is 4.48. The first-order valence-electron chi connectivity index (χ1n) is 10.8. The molecule has 1 aromatic heterocycles. The third-order valence-corrected chi connectivity index (χ3v) is 6.88. The minimum absolute atomic E-state index is 0.0175. The Bertz CT molecular complexity index is 943. The summed E-state index contributed by atoms with van der Waals surface area (Å²) in [5, 5.41) is 5.23. The van der Waals surface area contributed by atoms with Crippen molar-refractivity contribution >= 4 is 28.2 Å². The number of H-pyrrole nitrogens is 1. The number of benzene rings is 1. The summed E-state index contributed by atoms with van der Waals surface area (Å²) in [7, 11) is 0. The van der Waals surface area contributed by atoms with E-state index in [0.29, 0.717) is 12.6 Å². The summed E-state index contributed by atoms with van der Waals surface area (Å²) in [6.45, 7) is 6.26. The maximum absolute atomic E-state index is 12.9. The Morgan fingerprint density at radius 2 is 2.03 bits per heavy atom. The second-order valence-corrected chi connectivity index (χ2v) is 8.87. The molecule has 5 nitrogen and oxygen atoms in total. The predicted octanol–water partition coefficient (Wildman–Crippen LogP) is 3.94. The number of nitrogens with zero attached hydrogens (tertiary/aromatic N) is 1. The van der Waals surface area contributed by atoms with Crippen molar-refractivity contribution in [3.05, 3.63) is 45.2 Å². The lowest BCUT2D eigenvalue weighted by Gasteiger charge is -2.32. The summed E-state index contributed by atoms with van der Waals surface area (Å²) in [5.74, 6) is 0. The molecule has 0 radical (unpaired) electrons. The number of rotatable bonds is 5. The highest BCUT2D eigenvalue weighted by atomic mass is 32.1. The van der Waals surface area contributed by atoms with Crippen LogP contribution in [0.15, 0.2) is 23.0 Å². The Labute approximate surface area is 177 Å². The number of nitrogens with one attached hydrogen (secondary N) is 2. The lowest BCUT2D eigenvalue weighted by molar-refractivity contribution is 0.113. The molecule has 1 saturated heterocycles. The fraction of sp³-hybridized carbons (Fsp3) is 0.565. The zero-order valence-corrected chi connectivity index (χ0v) is 18.2. The summed E-state index contributed by atoms with van der Waals surface area (Å²) in [6.07, 6.45) is 7.16. The summed E-state index contributed by atoms with van der Waals surface area (Å²) < 4.78 is 5.72. The number of pyridine rings is 1. The van der Waals surface area contributed by atoms with E-state index in [9.17, 15) is 4.79 Å². The van der Waals surface area contributed by atoms with Crippen LogP contribution in [0.1, 0.15) is 55.2 Å². The molecule has 1 aliphatic carbocycles. The second-order valence-electron chi connectivity index (χ2n) is 8.48. The van der Waals surface area contributed by atoms with Crippen LogP contribution in [0.5, 0.6) is 0 Å². The molecule has 29 heavy (non-hydrogen) atoms. The largest absolute Gasteiger partial charge is 0.376 e. The molecule has 156 valence electrons. The Morgan fingerprint density at radius 1 is 1.24 bits per heavy atom. The number of aromatic amines is 1. The van der Waals surface area contributed by atoms with E-state index in [1.807, 2.05) is 6.07 Å². The molecule has 1 aliphatic heterocycles. The van der Waals surface area contributed by atoms with Gasteiger partial charge in [-0.3, -0.25) is 4.79 Å². The molecule has 4 rings (SSSR count). The number of thiocarbonyl (C=S) groups is 1. The Hall–Kier alpha value is -1.92. The topological polar surface area (TPSA) is 57.4 Å². The van der Waals surface area contributed by atoms with Gasteiger partial charge < -0.3 is 19.9 Å². The fourth-order valence-electron chi connectivity index (χ4n) is 4.56. The molecular weight excluding hydrogens is 382 g/mol. The molecule has 6 heteroatoms. The van der Waals surface area contributed by atoms with Gasteiger partial charge in [-0.15, -0.1) is 0 Å². The van der Waals surface area contributed by atoms with Gasteiger partial charge in [-0.25, -0.2) is 0 Å². The SMILES string of the molecule is Cc1ccc2cc(CN(C(=S)NC[C@@H]3CCCO3)C3CCCC3)c(=O)[nH]c2c1C. The van der Waals surface area contributed by atoms with Crippen molar-refractivity contribution in [2.45, 2.75) is 71.1 Å². The van der Waals surface area contributed by atoms with E-state index in [1.165, 1.54) is 18.4 Å². The van der Waals surface area contributed by atoms with E-state index in [2.05, 4.69) is 41.2 Å². The van der Waals surface area contributed by atoms with Crippen LogP contribution in [0, 0.1) is 13.8 Å². The van der Waals surface area contributed by atoms with Gasteiger partial charge in [0.25, 0.3) is 5.56 Å². The molecule has 0 unspecified atom stereocenters. The lowest BCUT2D eigenvalue weighted by atomic mass is 10.0. The summed E-state index contributed by atoms with van der Waals surface area (Å²) in [5.41, 5.74) is 4.01. The number of fused-ring (bicyclic) bond motifs is 1. The van der Waals surface area contributed by atoms with Crippen molar-refractivity contribution in [3.63, 3.8) is 0 Å². The average molecular weight is 414 g/mol. The van der Waals surface area contributed by atoms with Gasteiger partial charge in [0, 0.05) is 24.8 Å². The zero-order valence-electron chi connectivity index (χ0n) is 17.4. The molecule has 0 amide bonds. The Balaban J connectivity index is 1.56. The first-order chi connectivity index (χ1) is 14.0. The van der Waals surface area contributed by atoms with E-state index >= 15 is 0 Å². The first-order valence-corrected chi connectivity index (χ1v) is 11.2. The number of ether oxygens (including phenoxy) is 1. The van der Waals surface area contributed by atoms with Crippen LogP contribution in [0.4, 0.5) is 0 Å². The molecule has 0 bridgehead atoms. The minimum atomic E-state index is -0.0175. The molecule has 1 aromatic carbocycles. The van der Waals surface area contributed by atoms with Crippen molar-refractivity contribution in [2.75, 3.05) is 13.2 Å². The fourth-order valence-corrected chi connectivity index (χ4v) is 4.86. The summed E-state index contributed by atoms with van der Waals surface area (Å²) in [4.78, 5) is 18.2. The standard InChI is InChI=1S/C23H31N3O2S/c1-15-9-10-17-12-18(22(27)25-21(17)16(15)2)14-26(19-6-3-4-7-19)23(29)24-13-20-8-5-11-28-20/h9-10,12,19-20H,3-8,11,13-14H2,1-2H3,(H,24,29)(H,25,27)/t20-/m0/s1. The normalized spacial score (nSPS) is 19.7. The van der Waals surface area contributed by atoms with Crippen molar-refractivity contribution in [3.8, 4) is 0 Å². The van der Waals surface area contributed by atoms with Crippen molar-refractivity contribution < 1.29 is 4.74 Å². The number of hydrogen-bond donors (Lipinski definition) is 2. The van der Waals surface area contributed by atoms with Crippen molar-refractivity contribution in [2.24, 2.45) is 0 Å². The maximum atomic E-state index is 12.9. The van der Waals surface area contributed by atoms with Crippen molar-refractivity contribution in [1.82, 2.24) is 15.2 Å². The predicted molar refractivity (Wildman–Crippen MR) is 121 cm³/mol. The van der Waals surface area contributed by atoms with Crippen LogP contribution in [-0.4, -0.2) is 40.3 Å². The molecule has 2 aromatic rings. The highest BCUT2D eigenvalue weighted by molar-refractivity contribution is 7.80. The molecule has 2 fully saturated rings. The quantitative estimate of drug-likeness (QED) is 0.727. The van der Waals surface area contributed by atoms with Crippen LogP contribution in [-0.2, 0) is 11.3 Å². The first kappa shape index (κ1) is 20.4. The van der Waals surface area contributed by atoms with Gasteiger partial charge in [0.2, 0.25) is 0 Å². The maximum Gasteiger partial charge on any atom is 0.253 e. The highest BCUT2D eigenvalue weighted by Crippen LogP contribution is 2.26. The minimum Gasteiger partial charge on any atom is -0.376 e. The Morgan fingerprint density at radius 3 is 2.76 bits per heavy atom. The van der Waals surface area contributed by atoms with E-state index in [1.54, 1.807) is 0 Å². The van der Waals surface area contributed by atoms with Gasteiger partial charge in [0.05, 0.1) is 18.2 Å². The lowest BCUT2D eigenvalue weighted by Crippen LogP contribution is -2.47. The monoisotopic (exact) mass is 413 g/mol. The van der Waals surface area contributed by atoms with Crippen LogP contribution < -0.4 is 10.9 Å². The Kier molecular flexibility index (Phi) is 6.20. The highest BCUT2D eigenvalue weighted by Gasteiger charge is 2.26. The van der Waals surface area contributed by atoms with Gasteiger partial charge in [-0.05, 0) is 74.3 Å². The molecule has 2 aliphatic rings.